The Kier molecular flexibility index (Phi) is 8.84. The molecule has 0 spiro atoms. The SMILES string of the molecule is CC(CN(CCC(=O)O)C(=O)c1ccccc1-c1ccccc1C(=O)N(C)c1ccccn1)c1ccccc1. The molecule has 4 rings (SSSR count). The van der Waals surface area contributed by atoms with Gasteiger partial charge in [-0.25, -0.2) is 4.98 Å². The number of hydrogen-bond acceptors (Lipinski definition) is 4. The van der Waals surface area contributed by atoms with Gasteiger partial charge in [0.15, 0.2) is 0 Å². The lowest BCUT2D eigenvalue weighted by atomic mass is 9.93. The summed E-state index contributed by atoms with van der Waals surface area (Å²) in [5, 5.41) is 9.36. The molecular weight excluding hydrogens is 490 g/mol. The summed E-state index contributed by atoms with van der Waals surface area (Å²) in [6.07, 6.45) is 1.46. The van der Waals surface area contributed by atoms with Gasteiger partial charge in [0.25, 0.3) is 11.8 Å². The molecule has 198 valence electrons. The molecule has 0 radical (unpaired) electrons. The van der Waals surface area contributed by atoms with Gasteiger partial charge in [-0.15, -0.1) is 0 Å². The van der Waals surface area contributed by atoms with E-state index in [1.165, 1.54) is 4.90 Å². The van der Waals surface area contributed by atoms with Crippen molar-refractivity contribution in [2.45, 2.75) is 19.3 Å². The van der Waals surface area contributed by atoms with Gasteiger partial charge < -0.3 is 10.0 Å². The summed E-state index contributed by atoms with van der Waals surface area (Å²) in [5.41, 5.74) is 3.12. The lowest BCUT2D eigenvalue weighted by Gasteiger charge is -2.27. The Morgan fingerprint density at radius 1 is 0.769 bits per heavy atom. The molecule has 7 nitrogen and oxygen atoms in total. The molecule has 1 unspecified atom stereocenters. The number of amides is 2. The van der Waals surface area contributed by atoms with Crippen LogP contribution in [0.25, 0.3) is 11.1 Å². The van der Waals surface area contributed by atoms with Gasteiger partial charge in [-0.1, -0.05) is 79.7 Å². The third-order valence-corrected chi connectivity index (χ3v) is 6.65. The molecule has 3 aromatic carbocycles. The number of pyridine rings is 1. The van der Waals surface area contributed by atoms with Crippen molar-refractivity contribution >= 4 is 23.6 Å². The summed E-state index contributed by atoms with van der Waals surface area (Å²) >= 11 is 0. The van der Waals surface area contributed by atoms with E-state index in [0.717, 1.165) is 5.56 Å². The van der Waals surface area contributed by atoms with Crippen molar-refractivity contribution in [3.8, 4) is 11.1 Å². The van der Waals surface area contributed by atoms with Gasteiger partial charge >= 0.3 is 5.97 Å². The van der Waals surface area contributed by atoms with E-state index >= 15 is 0 Å². The van der Waals surface area contributed by atoms with Crippen LogP contribution in [0.15, 0.2) is 103 Å². The number of aliphatic carboxylic acids is 1. The Morgan fingerprint density at radius 3 is 1.92 bits per heavy atom. The van der Waals surface area contributed by atoms with E-state index in [4.69, 9.17) is 0 Å². The van der Waals surface area contributed by atoms with Gasteiger partial charge in [-0.2, -0.15) is 0 Å². The van der Waals surface area contributed by atoms with E-state index in [0.29, 0.717) is 34.6 Å². The second-order valence-electron chi connectivity index (χ2n) is 9.35. The highest BCUT2D eigenvalue weighted by Crippen LogP contribution is 2.30. The van der Waals surface area contributed by atoms with E-state index in [9.17, 15) is 19.5 Å². The minimum Gasteiger partial charge on any atom is -0.481 e. The maximum Gasteiger partial charge on any atom is 0.305 e. The molecule has 0 fully saturated rings. The standard InChI is InChI=1S/C32H31N3O4/c1-23(24-12-4-3-5-13-24)22-35(21-19-30(36)37)32(39)28-17-9-7-15-26(28)25-14-6-8-16-27(25)31(38)34(2)29-18-10-11-20-33-29/h3-18,20,23H,19,21-22H2,1-2H3,(H,36,37). The Bertz CT molecular complexity index is 1440. The summed E-state index contributed by atoms with van der Waals surface area (Å²) in [6.45, 7) is 2.44. The van der Waals surface area contributed by atoms with Crippen LogP contribution in [0.4, 0.5) is 5.82 Å². The number of nitrogens with zero attached hydrogens (tertiary/aromatic N) is 3. The third kappa shape index (κ3) is 6.57. The van der Waals surface area contributed by atoms with E-state index in [2.05, 4.69) is 4.98 Å². The van der Waals surface area contributed by atoms with Crippen LogP contribution in [0.1, 0.15) is 45.5 Å². The first kappa shape index (κ1) is 27.3. The van der Waals surface area contributed by atoms with Crippen molar-refractivity contribution in [1.29, 1.82) is 0 Å². The highest BCUT2D eigenvalue weighted by molar-refractivity contribution is 6.11. The largest absolute Gasteiger partial charge is 0.481 e. The molecule has 0 saturated carbocycles. The maximum absolute atomic E-state index is 14.0. The number of benzene rings is 3. The summed E-state index contributed by atoms with van der Waals surface area (Å²) in [5.74, 6) is -1.00. The van der Waals surface area contributed by atoms with Gasteiger partial charge in [0.05, 0.1) is 6.42 Å². The van der Waals surface area contributed by atoms with Crippen LogP contribution in [-0.2, 0) is 4.79 Å². The number of aromatic nitrogens is 1. The monoisotopic (exact) mass is 521 g/mol. The first-order valence-electron chi connectivity index (χ1n) is 12.8. The summed E-state index contributed by atoms with van der Waals surface area (Å²) in [6, 6.07) is 29.5. The second kappa shape index (κ2) is 12.6. The molecule has 0 saturated heterocycles. The van der Waals surface area contributed by atoms with Crippen LogP contribution < -0.4 is 4.90 Å². The average molecular weight is 522 g/mol. The van der Waals surface area contributed by atoms with Crippen molar-refractivity contribution in [2.75, 3.05) is 25.0 Å². The Morgan fingerprint density at radius 2 is 1.33 bits per heavy atom. The maximum atomic E-state index is 14.0. The van der Waals surface area contributed by atoms with Crippen molar-refractivity contribution in [1.82, 2.24) is 9.88 Å². The zero-order valence-electron chi connectivity index (χ0n) is 22.0. The summed E-state index contributed by atoms with van der Waals surface area (Å²) in [4.78, 5) is 46.3. The normalized spacial score (nSPS) is 11.4. The topological polar surface area (TPSA) is 90.8 Å². The lowest BCUT2D eigenvalue weighted by molar-refractivity contribution is -0.137. The molecule has 0 aliphatic rings. The molecule has 39 heavy (non-hydrogen) atoms. The fourth-order valence-electron chi connectivity index (χ4n) is 4.54. The number of carboxylic acid groups (broad SMARTS) is 1. The quantitative estimate of drug-likeness (QED) is 0.287. The third-order valence-electron chi connectivity index (χ3n) is 6.65. The number of carboxylic acids is 1. The zero-order valence-corrected chi connectivity index (χ0v) is 22.0. The lowest BCUT2D eigenvalue weighted by Crippen LogP contribution is -2.36. The van der Waals surface area contributed by atoms with Crippen LogP contribution in [0.3, 0.4) is 0 Å². The first-order chi connectivity index (χ1) is 18.9. The van der Waals surface area contributed by atoms with Crippen LogP contribution in [0.2, 0.25) is 0 Å². The minimum absolute atomic E-state index is 0.00278. The molecule has 1 atom stereocenters. The molecule has 1 heterocycles. The molecule has 1 N–H and O–H groups in total. The van der Waals surface area contributed by atoms with Crippen LogP contribution in [0, 0.1) is 0 Å². The number of hydrogen-bond donors (Lipinski definition) is 1. The van der Waals surface area contributed by atoms with Crippen molar-refractivity contribution < 1.29 is 19.5 Å². The number of carbonyl (C=O) groups is 3. The molecular formula is C32H31N3O4. The van der Waals surface area contributed by atoms with Gasteiger partial charge in [0, 0.05) is 37.5 Å². The Labute approximate surface area is 228 Å². The number of anilines is 1. The van der Waals surface area contributed by atoms with Crippen LogP contribution >= 0.6 is 0 Å². The fourth-order valence-corrected chi connectivity index (χ4v) is 4.54. The molecule has 2 amide bonds. The van der Waals surface area contributed by atoms with E-state index in [1.807, 2.05) is 67.6 Å². The number of carbonyl (C=O) groups excluding carboxylic acids is 2. The van der Waals surface area contributed by atoms with E-state index < -0.39 is 5.97 Å². The second-order valence-corrected chi connectivity index (χ2v) is 9.35. The van der Waals surface area contributed by atoms with Gasteiger partial charge in [0.1, 0.15) is 5.82 Å². The smallest absolute Gasteiger partial charge is 0.305 e. The van der Waals surface area contributed by atoms with Gasteiger partial charge in [0.2, 0.25) is 0 Å². The van der Waals surface area contributed by atoms with Gasteiger partial charge in [-0.3, -0.25) is 19.3 Å². The van der Waals surface area contributed by atoms with Crippen molar-refractivity contribution in [3.05, 3.63) is 120 Å². The van der Waals surface area contributed by atoms with E-state index in [1.54, 1.807) is 54.5 Å². The highest BCUT2D eigenvalue weighted by Gasteiger charge is 2.25. The fraction of sp³-hybridized carbons (Fsp3) is 0.188. The molecule has 0 aliphatic carbocycles. The van der Waals surface area contributed by atoms with Crippen molar-refractivity contribution in [2.24, 2.45) is 0 Å². The highest BCUT2D eigenvalue weighted by atomic mass is 16.4. The minimum atomic E-state index is -0.970. The first-order valence-corrected chi connectivity index (χ1v) is 12.8. The molecule has 4 aromatic rings. The summed E-state index contributed by atoms with van der Waals surface area (Å²) < 4.78 is 0. The Balaban J connectivity index is 1.70. The zero-order chi connectivity index (χ0) is 27.8. The Hall–Kier alpha value is -4.78. The molecule has 0 aliphatic heterocycles. The molecule has 0 bridgehead atoms. The average Bonchev–Trinajstić information content (AvgIpc) is 2.98. The molecule has 1 aromatic heterocycles. The molecule has 7 heteroatoms. The predicted molar refractivity (Wildman–Crippen MR) is 152 cm³/mol. The number of rotatable bonds is 10. The van der Waals surface area contributed by atoms with Gasteiger partial charge in [-0.05, 0) is 46.9 Å². The predicted octanol–water partition coefficient (Wildman–Crippen LogP) is 5.75. The van der Waals surface area contributed by atoms with Crippen LogP contribution in [0.5, 0.6) is 0 Å². The summed E-state index contributed by atoms with van der Waals surface area (Å²) in [7, 11) is 1.66. The van der Waals surface area contributed by atoms with Crippen LogP contribution in [-0.4, -0.2) is 52.9 Å². The van der Waals surface area contributed by atoms with Crippen molar-refractivity contribution in [3.63, 3.8) is 0 Å². The van der Waals surface area contributed by atoms with E-state index in [-0.39, 0.29) is 30.7 Å².